The first-order valence-corrected chi connectivity index (χ1v) is 9.72. The summed E-state index contributed by atoms with van der Waals surface area (Å²) < 4.78 is 0. The topological polar surface area (TPSA) is 126 Å². The van der Waals surface area contributed by atoms with E-state index in [1.54, 1.807) is 20.0 Å². The summed E-state index contributed by atoms with van der Waals surface area (Å²) in [6.07, 6.45) is 2.10. The van der Waals surface area contributed by atoms with Gasteiger partial charge in [0.05, 0.1) is 12.0 Å². The van der Waals surface area contributed by atoms with Gasteiger partial charge in [0, 0.05) is 11.1 Å². The number of anilines is 1. The molecule has 4 unspecified atom stereocenters. The highest BCUT2D eigenvalue weighted by Crippen LogP contribution is 2.36. The van der Waals surface area contributed by atoms with Crippen molar-refractivity contribution in [2.75, 3.05) is 5.73 Å². The lowest BCUT2D eigenvalue weighted by molar-refractivity contribution is -0.168. The molecule has 9 heteroatoms. The SMILES string of the molecule is CC(NC(=O)N1C(=O)C(C(C)Cc2cnc(N)s2)C1C(=O)O)c1ccccc1. The van der Waals surface area contributed by atoms with Crippen molar-refractivity contribution in [3.63, 3.8) is 0 Å². The van der Waals surface area contributed by atoms with Gasteiger partial charge in [0.2, 0.25) is 5.91 Å². The normalized spacial score (nSPS) is 20.9. The molecule has 0 radical (unpaired) electrons. The molecular formula is C19H22N4O4S. The Morgan fingerprint density at radius 1 is 1.32 bits per heavy atom. The van der Waals surface area contributed by atoms with Crippen molar-refractivity contribution < 1.29 is 19.5 Å². The van der Waals surface area contributed by atoms with E-state index in [-0.39, 0.29) is 12.0 Å². The Labute approximate surface area is 166 Å². The second-order valence-corrected chi connectivity index (χ2v) is 8.09. The maximum atomic E-state index is 12.6. The van der Waals surface area contributed by atoms with Crippen molar-refractivity contribution in [1.82, 2.24) is 15.2 Å². The van der Waals surface area contributed by atoms with Crippen LogP contribution in [-0.2, 0) is 16.0 Å². The van der Waals surface area contributed by atoms with Gasteiger partial charge in [-0.25, -0.2) is 19.5 Å². The molecule has 2 aromatic rings. The Morgan fingerprint density at radius 2 is 2.00 bits per heavy atom. The molecule has 4 N–H and O–H groups in total. The van der Waals surface area contributed by atoms with Crippen LogP contribution in [0.4, 0.5) is 9.93 Å². The summed E-state index contributed by atoms with van der Waals surface area (Å²) in [5.41, 5.74) is 6.49. The van der Waals surface area contributed by atoms with Crippen molar-refractivity contribution in [1.29, 1.82) is 0 Å². The van der Waals surface area contributed by atoms with Crippen molar-refractivity contribution in [3.05, 3.63) is 47.0 Å². The van der Waals surface area contributed by atoms with Gasteiger partial charge in [0.25, 0.3) is 0 Å². The van der Waals surface area contributed by atoms with Crippen LogP contribution >= 0.6 is 11.3 Å². The van der Waals surface area contributed by atoms with Crippen LogP contribution < -0.4 is 11.1 Å². The lowest BCUT2D eigenvalue weighted by Crippen LogP contribution is -2.69. The van der Waals surface area contributed by atoms with E-state index < -0.39 is 29.9 Å². The Morgan fingerprint density at radius 3 is 2.57 bits per heavy atom. The van der Waals surface area contributed by atoms with E-state index in [1.165, 1.54) is 11.3 Å². The minimum atomic E-state index is -1.19. The summed E-state index contributed by atoms with van der Waals surface area (Å²) in [5, 5.41) is 12.7. The molecule has 1 aliphatic rings. The minimum Gasteiger partial charge on any atom is -0.480 e. The van der Waals surface area contributed by atoms with Gasteiger partial charge in [-0.1, -0.05) is 37.3 Å². The van der Waals surface area contributed by atoms with Gasteiger partial charge in [-0.2, -0.15) is 0 Å². The number of amides is 3. The lowest BCUT2D eigenvalue weighted by Gasteiger charge is -2.45. The molecule has 0 aliphatic carbocycles. The summed E-state index contributed by atoms with van der Waals surface area (Å²) in [6.45, 7) is 3.58. The van der Waals surface area contributed by atoms with E-state index in [1.807, 2.05) is 30.3 Å². The van der Waals surface area contributed by atoms with E-state index in [4.69, 9.17) is 5.73 Å². The number of nitrogens with two attached hydrogens (primary N) is 1. The van der Waals surface area contributed by atoms with Crippen LogP contribution in [0.2, 0.25) is 0 Å². The van der Waals surface area contributed by atoms with Crippen molar-refractivity contribution in [2.24, 2.45) is 11.8 Å². The number of aliphatic carboxylic acids is 1. The number of carbonyl (C=O) groups is 3. The molecule has 4 atom stereocenters. The number of imide groups is 1. The molecule has 0 bridgehead atoms. The van der Waals surface area contributed by atoms with E-state index in [0.29, 0.717) is 11.6 Å². The molecule has 1 aliphatic heterocycles. The average molecular weight is 402 g/mol. The summed E-state index contributed by atoms with van der Waals surface area (Å²) in [7, 11) is 0. The van der Waals surface area contributed by atoms with E-state index in [0.717, 1.165) is 15.3 Å². The molecule has 1 fully saturated rings. The number of aromatic nitrogens is 1. The van der Waals surface area contributed by atoms with Crippen LogP contribution in [0, 0.1) is 11.8 Å². The fraction of sp³-hybridized carbons (Fsp3) is 0.368. The first-order chi connectivity index (χ1) is 13.3. The van der Waals surface area contributed by atoms with Crippen LogP contribution in [-0.4, -0.2) is 38.9 Å². The summed E-state index contributed by atoms with van der Waals surface area (Å²) >= 11 is 1.31. The zero-order valence-electron chi connectivity index (χ0n) is 15.5. The van der Waals surface area contributed by atoms with Crippen LogP contribution in [0.15, 0.2) is 36.5 Å². The average Bonchev–Trinajstić information content (AvgIpc) is 3.04. The molecule has 0 spiro atoms. The van der Waals surface area contributed by atoms with Gasteiger partial charge in [-0.3, -0.25) is 4.79 Å². The maximum absolute atomic E-state index is 12.6. The molecule has 3 amide bonds. The number of likely N-dealkylation sites (tertiary alicyclic amines) is 1. The second-order valence-electron chi connectivity index (χ2n) is 6.95. The fourth-order valence-corrected chi connectivity index (χ4v) is 4.32. The van der Waals surface area contributed by atoms with Gasteiger partial charge in [-0.05, 0) is 24.8 Å². The number of benzene rings is 1. The Kier molecular flexibility index (Phi) is 5.64. The Bertz CT molecular complexity index is 885. The molecule has 8 nitrogen and oxygen atoms in total. The number of β-lactam (4-membered cyclic amide) rings is 1. The van der Waals surface area contributed by atoms with Crippen LogP contribution in [0.25, 0.3) is 0 Å². The standard InChI is InChI=1S/C19H22N4O4S/c1-10(8-13-9-21-18(20)28-13)14-15(17(25)26)23(16(14)24)19(27)22-11(2)12-6-4-3-5-7-12/h3-7,9-11,14-15H,8H2,1-2H3,(H2,20,21)(H,22,27)(H,25,26). The Hall–Kier alpha value is -2.94. The number of nitrogens with one attached hydrogen (secondary N) is 1. The van der Waals surface area contributed by atoms with Crippen molar-refractivity contribution in [2.45, 2.75) is 32.4 Å². The van der Waals surface area contributed by atoms with E-state index in [2.05, 4.69) is 10.3 Å². The number of nitrogen functional groups attached to an aromatic ring is 1. The molecule has 1 aromatic carbocycles. The number of rotatable bonds is 6. The number of nitrogens with zero attached hydrogens (tertiary/aromatic N) is 2. The molecule has 1 aromatic heterocycles. The molecule has 148 valence electrons. The summed E-state index contributed by atoms with van der Waals surface area (Å²) in [6, 6.07) is 7.02. The highest BCUT2D eigenvalue weighted by atomic mass is 32.1. The second kappa shape index (κ2) is 7.97. The number of urea groups is 1. The highest BCUT2D eigenvalue weighted by Gasteiger charge is 2.56. The number of hydrogen-bond donors (Lipinski definition) is 3. The number of carboxylic acids is 1. The maximum Gasteiger partial charge on any atom is 0.327 e. The third-order valence-electron chi connectivity index (χ3n) is 4.96. The summed E-state index contributed by atoms with van der Waals surface area (Å²) in [5.74, 6) is -2.69. The zero-order valence-corrected chi connectivity index (χ0v) is 16.3. The van der Waals surface area contributed by atoms with Crippen molar-refractivity contribution in [3.8, 4) is 0 Å². The monoisotopic (exact) mass is 402 g/mol. The number of thiazole rings is 1. The van der Waals surface area contributed by atoms with Crippen LogP contribution in [0.1, 0.15) is 30.3 Å². The predicted octanol–water partition coefficient (Wildman–Crippen LogP) is 2.29. The van der Waals surface area contributed by atoms with Gasteiger partial charge in [-0.15, -0.1) is 11.3 Å². The molecule has 0 saturated carbocycles. The van der Waals surface area contributed by atoms with Gasteiger partial charge < -0.3 is 16.2 Å². The first-order valence-electron chi connectivity index (χ1n) is 8.91. The van der Waals surface area contributed by atoms with E-state index >= 15 is 0 Å². The third kappa shape index (κ3) is 3.84. The lowest BCUT2D eigenvalue weighted by atomic mass is 9.76. The largest absolute Gasteiger partial charge is 0.480 e. The first kappa shape index (κ1) is 19.8. The third-order valence-corrected chi connectivity index (χ3v) is 5.81. The van der Waals surface area contributed by atoms with Gasteiger partial charge in [0.1, 0.15) is 0 Å². The van der Waals surface area contributed by atoms with Gasteiger partial charge >= 0.3 is 12.0 Å². The predicted molar refractivity (Wildman–Crippen MR) is 105 cm³/mol. The van der Waals surface area contributed by atoms with Crippen LogP contribution in [0.3, 0.4) is 0 Å². The van der Waals surface area contributed by atoms with Crippen molar-refractivity contribution >= 4 is 34.4 Å². The Balaban J connectivity index is 1.69. The quantitative estimate of drug-likeness (QED) is 0.637. The molecule has 1 saturated heterocycles. The van der Waals surface area contributed by atoms with Gasteiger partial charge in [0.15, 0.2) is 11.2 Å². The highest BCUT2D eigenvalue weighted by molar-refractivity contribution is 7.15. The number of hydrogen-bond acceptors (Lipinski definition) is 6. The number of carbonyl (C=O) groups excluding carboxylic acids is 2. The molecule has 28 heavy (non-hydrogen) atoms. The summed E-state index contributed by atoms with van der Waals surface area (Å²) in [4.78, 5) is 42.6. The molecule has 3 rings (SSSR count). The molecule has 2 heterocycles. The zero-order chi connectivity index (χ0) is 20.4. The van der Waals surface area contributed by atoms with E-state index in [9.17, 15) is 19.5 Å². The van der Waals surface area contributed by atoms with Crippen LogP contribution in [0.5, 0.6) is 0 Å². The molecular weight excluding hydrogens is 380 g/mol. The smallest absolute Gasteiger partial charge is 0.327 e. The number of carboxylic acid groups (broad SMARTS) is 1. The minimum absolute atomic E-state index is 0.260. The fourth-order valence-electron chi connectivity index (χ4n) is 3.50.